The molecule has 110 valence electrons. The van der Waals surface area contributed by atoms with Gasteiger partial charge in [-0.25, -0.2) is 8.78 Å². The van der Waals surface area contributed by atoms with Crippen LogP contribution in [0.25, 0.3) is 0 Å². The highest BCUT2D eigenvalue weighted by molar-refractivity contribution is 6.32. The summed E-state index contributed by atoms with van der Waals surface area (Å²) in [4.78, 5) is 11.9. The molecule has 0 fully saturated rings. The fraction of sp³-hybridized carbons (Fsp3) is 0.133. The maximum Gasteiger partial charge on any atom is 0.258 e. The van der Waals surface area contributed by atoms with Crippen LogP contribution in [-0.4, -0.2) is 12.5 Å². The van der Waals surface area contributed by atoms with Crippen LogP contribution in [0.1, 0.15) is 17.3 Å². The van der Waals surface area contributed by atoms with Crippen molar-refractivity contribution in [3.8, 4) is 5.75 Å². The van der Waals surface area contributed by atoms with Crippen LogP contribution in [0.4, 0.5) is 14.5 Å². The number of anilines is 1. The van der Waals surface area contributed by atoms with Crippen LogP contribution in [-0.2, 0) is 0 Å². The van der Waals surface area contributed by atoms with E-state index in [0.717, 1.165) is 12.1 Å². The van der Waals surface area contributed by atoms with Gasteiger partial charge < -0.3 is 10.1 Å². The molecule has 2 rings (SSSR count). The molecule has 0 aliphatic carbocycles. The van der Waals surface area contributed by atoms with Crippen molar-refractivity contribution in [3.05, 3.63) is 58.6 Å². The van der Waals surface area contributed by atoms with Crippen molar-refractivity contribution < 1.29 is 18.3 Å². The third-order valence-corrected chi connectivity index (χ3v) is 2.96. The molecule has 0 aromatic heterocycles. The van der Waals surface area contributed by atoms with Gasteiger partial charge in [-0.2, -0.15) is 0 Å². The van der Waals surface area contributed by atoms with E-state index in [4.69, 9.17) is 16.3 Å². The maximum atomic E-state index is 13.5. The zero-order valence-electron chi connectivity index (χ0n) is 11.1. The lowest BCUT2D eigenvalue weighted by Gasteiger charge is -2.09. The van der Waals surface area contributed by atoms with E-state index in [1.54, 1.807) is 12.1 Å². The summed E-state index contributed by atoms with van der Waals surface area (Å²) in [6, 6.07) is 7.42. The van der Waals surface area contributed by atoms with Crippen LogP contribution < -0.4 is 10.1 Å². The number of carbonyl (C=O) groups is 1. The van der Waals surface area contributed by atoms with Gasteiger partial charge in [-0.15, -0.1) is 0 Å². The van der Waals surface area contributed by atoms with Gasteiger partial charge in [-0.3, -0.25) is 4.79 Å². The first-order valence-electron chi connectivity index (χ1n) is 6.20. The second kappa shape index (κ2) is 6.54. The van der Waals surface area contributed by atoms with Crippen LogP contribution in [0.3, 0.4) is 0 Å². The van der Waals surface area contributed by atoms with E-state index in [-0.39, 0.29) is 5.56 Å². The molecular formula is C15H12ClF2NO2. The first-order valence-corrected chi connectivity index (χ1v) is 6.58. The molecule has 0 saturated carbocycles. The molecule has 0 saturated heterocycles. The number of carbonyl (C=O) groups excluding carboxylic acids is 1. The Labute approximate surface area is 125 Å². The number of ether oxygens (including phenoxy) is 1. The molecule has 0 unspecified atom stereocenters. The second-order valence-corrected chi connectivity index (χ2v) is 4.56. The Morgan fingerprint density at radius 1 is 1.24 bits per heavy atom. The number of rotatable bonds is 4. The minimum Gasteiger partial charge on any atom is -0.492 e. The molecule has 21 heavy (non-hydrogen) atoms. The van der Waals surface area contributed by atoms with Crippen molar-refractivity contribution in [2.24, 2.45) is 0 Å². The first kappa shape index (κ1) is 15.3. The van der Waals surface area contributed by atoms with E-state index >= 15 is 0 Å². The molecular weight excluding hydrogens is 300 g/mol. The van der Waals surface area contributed by atoms with Gasteiger partial charge >= 0.3 is 0 Å². The topological polar surface area (TPSA) is 38.3 Å². The zero-order valence-corrected chi connectivity index (χ0v) is 11.9. The molecule has 0 aliphatic heterocycles. The molecule has 1 N–H and O–H groups in total. The van der Waals surface area contributed by atoms with Crippen molar-refractivity contribution in [2.45, 2.75) is 6.92 Å². The summed E-state index contributed by atoms with van der Waals surface area (Å²) >= 11 is 5.99. The van der Waals surface area contributed by atoms with Crippen LogP contribution in [0.2, 0.25) is 5.02 Å². The lowest BCUT2D eigenvalue weighted by atomic mass is 10.2. The van der Waals surface area contributed by atoms with Gasteiger partial charge in [0.1, 0.15) is 17.4 Å². The summed E-state index contributed by atoms with van der Waals surface area (Å²) in [7, 11) is 0. The van der Waals surface area contributed by atoms with Crippen molar-refractivity contribution in [1.82, 2.24) is 0 Å². The molecule has 2 aromatic carbocycles. The Kier molecular flexibility index (Phi) is 4.75. The molecule has 0 spiro atoms. The predicted molar refractivity (Wildman–Crippen MR) is 76.9 cm³/mol. The highest BCUT2D eigenvalue weighted by atomic mass is 35.5. The Hall–Kier alpha value is -2.14. The minimum atomic E-state index is -0.926. The average molecular weight is 312 g/mol. The molecule has 1 amide bonds. The Morgan fingerprint density at radius 3 is 2.62 bits per heavy atom. The predicted octanol–water partition coefficient (Wildman–Crippen LogP) is 4.27. The third kappa shape index (κ3) is 3.70. The normalized spacial score (nSPS) is 10.3. The van der Waals surface area contributed by atoms with Gasteiger partial charge in [0.15, 0.2) is 0 Å². The van der Waals surface area contributed by atoms with Crippen LogP contribution >= 0.6 is 11.6 Å². The first-order chi connectivity index (χ1) is 10.0. The highest BCUT2D eigenvalue weighted by Gasteiger charge is 2.13. The van der Waals surface area contributed by atoms with Crippen LogP contribution in [0.5, 0.6) is 5.75 Å². The molecule has 0 aliphatic rings. The van der Waals surface area contributed by atoms with Crippen molar-refractivity contribution in [2.75, 3.05) is 11.9 Å². The Morgan fingerprint density at radius 2 is 2.00 bits per heavy atom. The number of hydrogen-bond acceptors (Lipinski definition) is 2. The molecule has 0 radical (unpaired) electrons. The minimum absolute atomic E-state index is 0.249. The largest absolute Gasteiger partial charge is 0.492 e. The summed E-state index contributed by atoms with van der Waals surface area (Å²) < 4.78 is 31.6. The Balaban J connectivity index is 2.17. The molecule has 0 atom stereocenters. The summed E-state index contributed by atoms with van der Waals surface area (Å²) in [6.45, 7) is 2.29. The molecule has 2 aromatic rings. The van der Waals surface area contributed by atoms with Crippen LogP contribution in [0, 0.1) is 11.6 Å². The monoisotopic (exact) mass is 311 g/mol. The van der Waals surface area contributed by atoms with E-state index in [9.17, 15) is 13.6 Å². The van der Waals surface area contributed by atoms with Crippen molar-refractivity contribution in [1.29, 1.82) is 0 Å². The lowest BCUT2D eigenvalue weighted by Crippen LogP contribution is -2.14. The van der Waals surface area contributed by atoms with E-state index < -0.39 is 17.5 Å². The summed E-state index contributed by atoms with van der Waals surface area (Å²) in [5.74, 6) is -1.87. The summed E-state index contributed by atoms with van der Waals surface area (Å²) in [5.41, 5.74) is 0.138. The van der Waals surface area contributed by atoms with E-state index in [1.165, 1.54) is 6.07 Å². The number of amides is 1. The van der Waals surface area contributed by atoms with Crippen LogP contribution in [0.15, 0.2) is 36.4 Å². The van der Waals surface area contributed by atoms with Gasteiger partial charge in [0.2, 0.25) is 0 Å². The highest BCUT2D eigenvalue weighted by Crippen LogP contribution is 2.28. The quantitative estimate of drug-likeness (QED) is 0.915. The zero-order chi connectivity index (χ0) is 15.4. The average Bonchev–Trinajstić information content (AvgIpc) is 2.41. The maximum absolute atomic E-state index is 13.5. The molecule has 0 bridgehead atoms. The van der Waals surface area contributed by atoms with E-state index in [2.05, 4.69) is 5.32 Å². The lowest BCUT2D eigenvalue weighted by molar-refractivity contribution is 0.102. The van der Waals surface area contributed by atoms with Gasteiger partial charge in [-0.05, 0) is 37.3 Å². The number of benzene rings is 2. The van der Waals surface area contributed by atoms with E-state index in [1.807, 2.05) is 6.92 Å². The number of nitrogens with one attached hydrogen (secondary N) is 1. The fourth-order valence-corrected chi connectivity index (χ4v) is 1.96. The second-order valence-electron chi connectivity index (χ2n) is 4.16. The van der Waals surface area contributed by atoms with E-state index in [0.29, 0.717) is 29.1 Å². The van der Waals surface area contributed by atoms with Gasteiger partial charge in [-0.1, -0.05) is 11.6 Å². The number of hydrogen-bond donors (Lipinski definition) is 1. The fourth-order valence-electron chi connectivity index (χ4n) is 1.72. The van der Waals surface area contributed by atoms with Gasteiger partial charge in [0.25, 0.3) is 5.91 Å². The summed E-state index contributed by atoms with van der Waals surface area (Å²) in [5, 5.41) is 2.82. The SMILES string of the molecule is CCOc1ccc(NC(=O)c2ccc(F)cc2F)cc1Cl. The molecule has 0 heterocycles. The number of halogens is 3. The summed E-state index contributed by atoms with van der Waals surface area (Å²) in [6.07, 6.45) is 0. The molecule has 6 heteroatoms. The third-order valence-electron chi connectivity index (χ3n) is 2.67. The van der Waals surface area contributed by atoms with Gasteiger partial charge in [0, 0.05) is 11.8 Å². The standard InChI is InChI=1S/C15H12ClF2NO2/c1-2-21-14-6-4-10(8-12(14)16)19-15(20)11-5-3-9(17)7-13(11)18/h3-8H,2H2,1H3,(H,19,20). The van der Waals surface area contributed by atoms with Crippen molar-refractivity contribution >= 4 is 23.2 Å². The smallest absolute Gasteiger partial charge is 0.258 e. The van der Waals surface area contributed by atoms with Gasteiger partial charge in [0.05, 0.1) is 17.2 Å². The van der Waals surface area contributed by atoms with Crippen molar-refractivity contribution in [3.63, 3.8) is 0 Å². The Bertz CT molecular complexity index is 677. The molecule has 3 nitrogen and oxygen atoms in total.